The number of amides is 1. The van der Waals surface area contributed by atoms with Gasteiger partial charge in [-0.3, -0.25) is 4.79 Å². The van der Waals surface area contributed by atoms with Gasteiger partial charge in [-0.2, -0.15) is 0 Å². The lowest BCUT2D eigenvalue weighted by molar-refractivity contribution is -0.125. The third-order valence-corrected chi connectivity index (χ3v) is 3.91. The number of nitrogens with zero attached hydrogens (tertiary/aromatic N) is 1. The van der Waals surface area contributed by atoms with Gasteiger partial charge in [0.2, 0.25) is 6.10 Å². The molecule has 8 heteroatoms. The summed E-state index contributed by atoms with van der Waals surface area (Å²) in [6.45, 7) is 1.67. The maximum Gasteiger partial charge on any atom is 0.340 e. The Bertz CT molecular complexity index is 975. The molecule has 1 atom stereocenters. The van der Waals surface area contributed by atoms with Crippen LogP contribution in [0.4, 0.5) is 10.2 Å². The van der Waals surface area contributed by atoms with Crippen LogP contribution < -0.4 is 5.32 Å². The number of rotatable bonds is 5. The summed E-state index contributed by atoms with van der Waals surface area (Å²) in [6, 6.07) is 13.2. The molecule has 1 amide bonds. The van der Waals surface area contributed by atoms with E-state index in [-0.39, 0.29) is 16.4 Å². The second-order valence-corrected chi connectivity index (χ2v) is 6.04. The van der Waals surface area contributed by atoms with Crippen LogP contribution in [0.5, 0.6) is 0 Å². The summed E-state index contributed by atoms with van der Waals surface area (Å²) in [5.74, 6) is -1.37. The van der Waals surface area contributed by atoms with Crippen molar-refractivity contribution in [1.82, 2.24) is 5.16 Å². The van der Waals surface area contributed by atoms with Crippen molar-refractivity contribution in [2.24, 2.45) is 0 Å². The van der Waals surface area contributed by atoms with Gasteiger partial charge in [0.1, 0.15) is 11.6 Å². The number of hydrogen-bond donors (Lipinski definition) is 1. The van der Waals surface area contributed by atoms with E-state index in [2.05, 4.69) is 10.5 Å². The molecule has 2 aromatic carbocycles. The molecule has 0 radical (unpaired) electrons. The predicted molar refractivity (Wildman–Crippen MR) is 95.9 cm³/mol. The number of anilines is 1. The zero-order valence-corrected chi connectivity index (χ0v) is 14.9. The Hall–Kier alpha value is -3.19. The highest BCUT2D eigenvalue weighted by Crippen LogP contribution is 2.24. The molecule has 0 spiro atoms. The smallest absolute Gasteiger partial charge is 0.340 e. The van der Waals surface area contributed by atoms with Crippen molar-refractivity contribution in [1.29, 1.82) is 0 Å². The molecule has 1 aromatic heterocycles. The molecule has 0 aliphatic carbocycles. The maximum atomic E-state index is 13.2. The van der Waals surface area contributed by atoms with Gasteiger partial charge >= 0.3 is 5.97 Å². The van der Waals surface area contributed by atoms with E-state index in [1.54, 1.807) is 37.3 Å². The van der Waals surface area contributed by atoms with E-state index in [0.29, 0.717) is 11.3 Å². The number of hydrogen-bond acceptors (Lipinski definition) is 5. The minimum atomic E-state index is -1.27. The maximum absolute atomic E-state index is 13.2. The van der Waals surface area contributed by atoms with Crippen LogP contribution in [0.3, 0.4) is 0 Å². The minimum Gasteiger partial charge on any atom is -0.444 e. The van der Waals surface area contributed by atoms with Gasteiger partial charge < -0.3 is 14.6 Å². The molecule has 0 saturated heterocycles. The van der Waals surface area contributed by atoms with Crippen LogP contribution in [0, 0.1) is 12.7 Å². The molecule has 1 unspecified atom stereocenters. The molecular formula is C19H14ClFN2O4. The Morgan fingerprint density at radius 3 is 2.56 bits per heavy atom. The highest BCUT2D eigenvalue weighted by atomic mass is 35.5. The average molecular weight is 389 g/mol. The first-order valence-electron chi connectivity index (χ1n) is 7.89. The molecular weight excluding hydrogens is 375 g/mol. The first kappa shape index (κ1) is 18.6. The van der Waals surface area contributed by atoms with Gasteiger partial charge in [-0.05, 0) is 25.1 Å². The monoisotopic (exact) mass is 388 g/mol. The SMILES string of the molecule is Cc1cc(NC(=O)C(OC(=O)c2ccc(F)cc2Cl)c2ccccc2)no1. The van der Waals surface area contributed by atoms with Gasteiger partial charge in [-0.1, -0.05) is 47.1 Å². The second-order valence-electron chi connectivity index (χ2n) is 5.63. The zero-order chi connectivity index (χ0) is 19.4. The number of aromatic nitrogens is 1. The number of carbonyl (C=O) groups is 2. The van der Waals surface area contributed by atoms with Crippen LogP contribution in [0.1, 0.15) is 27.8 Å². The third-order valence-electron chi connectivity index (χ3n) is 3.60. The van der Waals surface area contributed by atoms with E-state index in [0.717, 1.165) is 12.1 Å². The minimum absolute atomic E-state index is 0.0518. The van der Waals surface area contributed by atoms with Crippen molar-refractivity contribution in [3.05, 3.63) is 82.3 Å². The lowest BCUT2D eigenvalue weighted by Gasteiger charge is -2.17. The molecule has 6 nitrogen and oxygen atoms in total. The first-order valence-corrected chi connectivity index (χ1v) is 8.27. The van der Waals surface area contributed by atoms with Crippen LogP contribution in [-0.4, -0.2) is 17.0 Å². The molecule has 1 N–H and O–H groups in total. The number of aryl methyl sites for hydroxylation is 1. The summed E-state index contributed by atoms with van der Waals surface area (Å²) in [6.07, 6.45) is -1.27. The van der Waals surface area contributed by atoms with Crippen molar-refractivity contribution < 1.29 is 23.2 Å². The quantitative estimate of drug-likeness (QED) is 0.658. The lowest BCUT2D eigenvalue weighted by Crippen LogP contribution is -2.26. The van der Waals surface area contributed by atoms with Crippen molar-refractivity contribution in [2.45, 2.75) is 13.0 Å². The van der Waals surface area contributed by atoms with Crippen molar-refractivity contribution in [3.63, 3.8) is 0 Å². The molecule has 3 rings (SSSR count). The Balaban J connectivity index is 1.86. The number of esters is 1. The number of benzene rings is 2. The Kier molecular flexibility index (Phi) is 5.52. The fourth-order valence-electron chi connectivity index (χ4n) is 2.34. The lowest BCUT2D eigenvalue weighted by atomic mass is 10.1. The topological polar surface area (TPSA) is 81.4 Å². The average Bonchev–Trinajstić information content (AvgIpc) is 3.04. The van der Waals surface area contributed by atoms with Gasteiger partial charge in [0, 0.05) is 11.6 Å². The Morgan fingerprint density at radius 2 is 1.93 bits per heavy atom. The molecule has 3 aromatic rings. The van der Waals surface area contributed by atoms with Crippen LogP contribution in [-0.2, 0) is 9.53 Å². The molecule has 1 heterocycles. The Morgan fingerprint density at radius 1 is 1.19 bits per heavy atom. The second kappa shape index (κ2) is 8.01. The molecule has 138 valence electrons. The van der Waals surface area contributed by atoms with Crippen LogP contribution >= 0.6 is 11.6 Å². The van der Waals surface area contributed by atoms with Crippen molar-refractivity contribution in [2.75, 3.05) is 5.32 Å². The summed E-state index contributed by atoms with van der Waals surface area (Å²) < 4.78 is 23.5. The van der Waals surface area contributed by atoms with Gasteiger partial charge in [0.05, 0.1) is 10.6 Å². The summed E-state index contributed by atoms with van der Waals surface area (Å²) in [5, 5.41) is 6.10. The first-order chi connectivity index (χ1) is 12.9. The normalized spacial score (nSPS) is 11.7. The number of nitrogens with one attached hydrogen (secondary N) is 1. The van der Waals surface area contributed by atoms with E-state index in [4.69, 9.17) is 20.9 Å². The summed E-state index contributed by atoms with van der Waals surface area (Å²) in [7, 11) is 0. The number of carbonyl (C=O) groups excluding carboxylic acids is 2. The largest absolute Gasteiger partial charge is 0.444 e. The van der Waals surface area contributed by atoms with Gasteiger partial charge in [0.15, 0.2) is 5.82 Å². The molecule has 27 heavy (non-hydrogen) atoms. The van der Waals surface area contributed by atoms with E-state index < -0.39 is 23.8 Å². The predicted octanol–water partition coefficient (Wildman–Crippen LogP) is 4.31. The third kappa shape index (κ3) is 4.51. The van der Waals surface area contributed by atoms with E-state index in [1.807, 2.05) is 0 Å². The summed E-state index contributed by atoms with van der Waals surface area (Å²) >= 11 is 5.90. The standard InChI is InChI=1S/C19H14ClFN2O4/c1-11-9-16(23-27-11)22-18(24)17(12-5-3-2-4-6-12)26-19(25)14-8-7-13(21)10-15(14)20/h2-10,17H,1H3,(H,22,23,24). The summed E-state index contributed by atoms with van der Waals surface area (Å²) in [4.78, 5) is 25.1. The molecule has 0 bridgehead atoms. The van der Waals surface area contributed by atoms with Crippen molar-refractivity contribution in [3.8, 4) is 0 Å². The van der Waals surface area contributed by atoms with E-state index >= 15 is 0 Å². The number of halogens is 2. The molecule has 0 saturated carbocycles. The van der Waals surface area contributed by atoms with Crippen LogP contribution in [0.15, 0.2) is 59.1 Å². The van der Waals surface area contributed by atoms with Crippen LogP contribution in [0.25, 0.3) is 0 Å². The fraction of sp³-hybridized carbons (Fsp3) is 0.105. The highest BCUT2D eigenvalue weighted by Gasteiger charge is 2.27. The Labute approximate surface area is 158 Å². The highest BCUT2D eigenvalue weighted by molar-refractivity contribution is 6.33. The van der Waals surface area contributed by atoms with E-state index in [1.165, 1.54) is 12.1 Å². The molecule has 0 fully saturated rings. The summed E-state index contributed by atoms with van der Waals surface area (Å²) in [5.41, 5.74) is 0.394. The molecule has 0 aliphatic heterocycles. The van der Waals surface area contributed by atoms with E-state index in [9.17, 15) is 14.0 Å². The van der Waals surface area contributed by atoms with Gasteiger partial charge in [0.25, 0.3) is 5.91 Å². The fourth-order valence-corrected chi connectivity index (χ4v) is 2.59. The van der Waals surface area contributed by atoms with Gasteiger partial charge in [-0.15, -0.1) is 0 Å². The van der Waals surface area contributed by atoms with Crippen molar-refractivity contribution >= 4 is 29.3 Å². The van der Waals surface area contributed by atoms with Gasteiger partial charge in [-0.25, -0.2) is 9.18 Å². The van der Waals surface area contributed by atoms with Crippen LogP contribution in [0.2, 0.25) is 5.02 Å². The zero-order valence-electron chi connectivity index (χ0n) is 14.1. The molecule has 0 aliphatic rings. The number of ether oxygens (including phenoxy) is 1.